The summed E-state index contributed by atoms with van der Waals surface area (Å²) in [5, 5.41) is 8.14. The molecular formula is C12H9N5. The van der Waals surface area contributed by atoms with E-state index in [9.17, 15) is 0 Å². The van der Waals surface area contributed by atoms with Crippen LogP contribution in [0.5, 0.6) is 0 Å². The largest absolute Gasteiger partial charge is 0.324 e. The van der Waals surface area contributed by atoms with Crippen molar-refractivity contribution < 1.29 is 0 Å². The Morgan fingerprint density at radius 1 is 1.12 bits per heavy atom. The average molecular weight is 223 g/mol. The lowest BCUT2D eigenvalue weighted by atomic mass is 10.2. The van der Waals surface area contributed by atoms with Crippen LogP contribution in [0, 0.1) is 0 Å². The van der Waals surface area contributed by atoms with Gasteiger partial charge in [0.05, 0.1) is 12.2 Å². The first-order valence-corrected chi connectivity index (χ1v) is 5.43. The number of fused-ring (bicyclic) bond motifs is 5. The third kappa shape index (κ3) is 1.10. The fraction of sp³-hybridized carbons (Fsp3) is 0.0833. The molecule has 0 saturated heterocycles. The van der Waals surface area contributed by atoms with Crippen LogP contribution in [0.4, 0.5) is 0 Å². The fourth-order valence-corrected chi connectivity index (χ4v) is 2.27. The zero-order valence-electron chi connectivity index (χ0n) is 8.98. The van der Waals surface area contributed by atoms with Crippen LogP contribution in [0.2, 0.25) is 0 Å². The van der Waals surface area contributed by atoms with Gasteiger partial charge in [0, 0.05) is 12.4 Å². The van der Waals surface area contributed by atoms with E-state index in [1.54, 1.807) is 12.5 Å². The summed E-state index contributed by atoms with van der Waals surface area (Å²) in [5.41, 5.74) is 2.36. The molecule has 5 heteroatoms. The van der Waals surface area contributed by atoms with Gasteiger partial charge >= 0.3 is 0 Å². The number of hydrogen-bond acceptors (Lipinski definition) is 3. The van der Waals surface area contributed by atoms with Crippen LogP contribution < -0.4 is 0 Å². The van der Waals surface area contributed by atoms with Gasteiger partial charge in [-0.1, -0.05) is 18.2 Å². The Bertz CT molecular complexity index is 694. The van der Waals surface area contributed by atoms with E-state index in [2.05, 4.69) is 31.9 Å². The Kier molecular flexibility index (Phi) is 1.55. The monoisotopic (exact) mass is 223 g/mol. The molecule has 0 amide bonds. The quantitative estimate of drug-likeness (QED) is 0.454. The standard InChI is InChI=1S/C12H9N5/c1-2-4-10-9(3-1)7-16-6-5-13-11(16)12-15-14-8-17(10)12/h1-6,8H,7H2. The maximum absolute atomic E-state index is 4.35. The minimum Gasteiger partial charge on any atom is -0.324 e. The van der Waals surface area contributed by atoms with Gasteiger partial charge in [0.15, 0.2) is 5.82 Å². The average Bonchev–Trinajstić information content (AvgIpc) is 2.96. The van der Waals surface area contributed by atoms with E-state index >= 15 is 0 Å². The topological polar surface area (TPSA) is 48.5 Å². The number of benzene rings is 1. The van der Waals surface area contributed by atoms with E-state index in [0.29, 0.717) is 0 Å². The van der Waals surface area contributed by atoms with E-state index in [1.165, 1.54) is 5.56 Å². The normalized spacial score (nSPS) is 12.5. The number of imidazole rings is 1. The van der Waals surface area contributed by atoms with E-state index in [-0.39, 0.29) is 0 Å². The van der Waals surface area contributed by atoms with Crippen molar-refractivity contribution in [2.24, 2.45) is 0 Å². The lowest BCUT2D eigenvalue weighted by Gasteiger charge is -2.06. The van der Waals surface area contributed by atoms with Crippen LogP contribution in [-0.4, -0.2) is 24.3 Å². The summed E-state index contributed by atoms with van der Waals surface area (Å²) < 4.78 is 4.08. The lowest BCUT2D eigenvalue weighted by molar-refractivity contribution is 0.809. The first-order chi connectivity index (χ1) is 8.43. The number of hydrogen-bond donors (Lipinski definition) is 0. The van der Waals surface area contributed by atoms with Gasteiger partial charge in [0.2, 0.25) is 5.82 Å². The molecule has 0 unspecified atom stereocenters. The fourth-order valence-electron chi connectivity index (χ4n) is 2.27. The van der Waals surface area contributed by atoms with Gasteiger partial charge in [-0.2, -0.15) is 0 Å². The highest BCUT2D eigenvalue weighted by atomic mass is 15.3. The molecule has 0 aliphatic carbocycles. The molecule has 1 aliphatic heterocycles. The van der Waals surface area contributed by atoms with Crippen LogP contribution >= 0.6 is 0 Å². The molecule has 0 bridgehead atoms. The number of para-hydroxylation sites is 1. The molecule has 82 valence electrons. The lowest BCUT2D eigenvalue weighted by Crippen LogP contribution is -1.99. The van der Waals surface area contributed by atoms with Crippen molar-refractivity contribution in [2.45, 2.75) is 6.54 Å². The smallest absolute Gasteiger partial charge is 0.204 e. The molecule has 4 rings (SSSR count). The zero-order valence-corrected chi connectivity index (χ0v) is 8.98. The van der Waals surface area contributed by atoms with Gasteiger partial charge in [-0.05, 0) is 11.6 Å². The molecule has 0 N–H and O–H groups in total. The van der Waals surface area contributed by atoms with Gasteiger partial charge in [-0.15, -0.1) is 10.2 Å². The maximum atomic E-state index is 4.35. The molecule has 0 fully saturated rings. The van der Waals surface area contributed by atoms with Crippen LogP contribution in [0.15, 0.2) is 43.0 Å². The summed E-state index contributed by atoms with van der Waals surface area (Å²) in [6, 6.07) is 8.27. The maximum Gasteiger partial charge on any atom is 0.204 e. The van der Waals surface area contributed by atoms with Gasteiger partial charge in [-0.25, -0.2) is 4.98 Å². The summed E-state index contributed by atoms with van der Waals surface area (Å²) in [5.74, 6) is 1.65. The van der Waals surface area contributed by atoms with E-state index in [0.717, 1.165) is 23.9 Å². The second-order valence-electron chi connectivity index (χ2n) is 4.03. The van der Waals surface area contributed by atoms with Crippen LogP contribution in [0.3, 0.4) is 0 Å². The molecule has 1 aliphatic rings. The third-order valence-corrected chi connectivity index (χ3v) is 3.06. The Hall–Kier alpha value is -2.43. The van der Waals surface area contributed by atoms with Crippen LogP contribution in [0.25, 0.3) is 17.3 Å². The van der Waals surface area contributed by atoms with Crippen molar-refractivity contribution in [3.05, 3.63) is 48.5 Å². The highest BCUT2D eigenvalue weighted by Crippen LogP contribution is 2.26. The Balaban J connectivity index is 2.12. The molecule has 0 atom stereocenters. The van der Waals surface area contributed by atoms with Crippen molar-refractivity contribution in [1.82, 2.24) is 24.3 Å². The molecule has 0 radical (unpaired) electrons. The van der Waals surface area contributed by atoms with Crippen molar-refractivity contribution in [1.29, 1.82) is 0 Å². The van der Waals surface area contributed by atoms with Crippen LogP contribution in [-0.2, 0) is 6.54 Å². The summed E-state index contributed by atoms with van der Waals surface area (Å²) in [6.07, 6.45) is 5.50. The Labute approximate surface area is 97.4 Å². The van der Waals surface area contributed by atoms with Crippen molar-refractivity contribution in [2.75, 3.05) is 0 Å². The summed E-state index contributed by atoms with van der Waals surface area (Å²) >= 11 is 0. The summed E-state index contributed by atoms with van der Waals surface area (Å²) in [6.45, 7) is 0.814. The molecule has 17 heavy (non-hydrogen) atoms. The molecule has 5 nitrogen and oxygen atoms in total. The minimum absolute atomic E-state index is 0.792. The first kappa shape index (κ1) is 8.69. The molecular weight excluding hydrogens is 214 g/mol. The molecule has 2 aromatic heterocycles. The predicted octanol–water partition coefficient (Wildman–Crippen LogP) is 1.49. The summed E-state index contributed by atoms with van der Waals surface area (Å²) in [7, 11) is 0. The SMILES string of the molecule is c1ccc2c(c1)Cn1ccnc1-c1nncn1-2. The Morgan fingerprint density at radius 2 is 2.06 bits per heavy atom. The number of aromatic nitrogens is 5. The molecule has 0 saturated carbocycles. The number of rotatable bonds is 0. The first-order valence-electron chi connectivity index (χ1n) is 5.43. The van der Waals surface area contributed by atoms with E-state index in [1.807, 2.05) is 22.9 Å². The summed E-state index contributed by atoms with van der Waals surface area (Å²) in [4.78, 5) is 4.35. The van der Waals surface area contributed by atoms with Gasteiger partial charge in [0.1, 0.15) is 6.33 Å². The molecule has 0 spiro atoms. The van der Waals surface area contributed by atoms with E-state index < -0.39 is 0 Å². The van der Waals surface area contributed by atoms with Gasteiger partial charge in [-0.3, -0.25) is 4.57 Å². The van der Waals surface area contributed by atoms with Gasteiger partial charge in [0.25, 0.3) is 0 Å². The Morgan fingerprint density at radius 3 is 3.06 bits per heavy atom. The minimum atomic E-state index is 0.792. The predicted molar refractivity (Wildman–Crippen MR) is 61.7 cm³/mol. The van der Waals surface area contributed by atoms with Crippen LogP contribution in [0.1, 0.15) is 5.56 Å². The highest BCUT2D eigenvalue weighted by Gasteiger charge is 2.20. The second kappa shape index (κ2) is 3.04. The van der Waals surface area contributed by atoms with Gasteiger partial charge < -0.3 is 4.57 Å². The highest BCUT2D eigenvalue weighted by molar-refractivity contribution is 5.55. The van der Waals surface area contributed by atoms with Crippen molar-refractivity contribution >= 4 is 0 Å². The zero-order chi connectivity index (χ0) is 11.2. The second-order valence-corrected chi connectivity index (χ2v) is 4.03. The van der Waals surface area contributed by atoms with Crippen molar-refractivity contribution in [3.8, 4) is 17.3 Å². The van der Waals surface area contributed by atoms with E-state index in [4.69, 9.17) is 0 Å². The molecule has 1 aromatic carbocycles. The third-order valence-electron chi connectivity index (χ3n) is 3.06. The van der Waals surface area contributed by atoms with Crippen molar-refractivity contribution in [3.63, 3.8) is 0 Å². The molecule has 3 aromatic rings. The number of nitrogens with zero attached hydrogens (tertiary/aromatic N) is 5. The molecule has 3 heterocycles.